The van der Waals surface area contributed by atoms with Crippen LogP contribution in [0.5, 0.6) is 0 Å². The topological polar surface area (TPSA) is 74.7 Å². The third-order valence-electron chi connectivity index (χ3n) is 4.91. The Hall–Kier alpha value is -2.42. The number of nitrogens with zero attached hydrogens (tertiary/aromatic N) is 3. The van der Waals surface area contributed by atoms with Crippen molar-refractivity contribution < 1.29 is 13.2 Å². The lowest BCUT2D eigenvalue weighted by atomic mass is 10.2. The summed E-state index contributed by atoms with van der Waals surface area (Å²) in [6.45, 7) is 3.66. The Morgan fingerprint density at radius 1 is 1.14 bits per heavy atom. The highest BCUT2D eigenvalue weighted by atomic mass is 32.2. The van der Waals surface area contributed by atoms with Crippen LogP contribution in [0.3, 0.4) is 0 Å². The van der Waals surface area contributed by atoms with Crippen molar-refractivity contribution in [1.29, 1.82) is 0 Å². The van der Waals surface area contributed by atoms with E-state index in [1.165, 1.54) is 24.9 Å². The van der Waals surface area contributed by atoms with E-state index in [1.54, 1.807) is 16.5 Å². The van der Waals surface area contributed by atoms with E-state index in [0.717, 1.165) is 19.6 Å². The van der Waals surface area contributed by atoms with Crippen molar-refractivity contribution >= 4 is 22.0 Å². The molecule has 1 aromatic heterocycles. The zero-order valence-electron chi connectivity index (χ0n) is 16.2. The summed E-state index contributed by atoms with van der Waals surface area (Å²) in [5, 5.41) is 0. The van der Waals surface area contributed by atoms with E-state index in [9.17, 15) is 13.2 Å². The SMILES string of the molecule is CNS(=O)(=O)c1cc(C(=O)N2CCN(C/C=C/c3ccccc3)CC2)n(C)c1. The quantitative estimate of drug-likeness (QED) is 0.793. The molecular formula is C20H26N4O3S. The molecule has 7 nitrogen and oxygen atoms in total. The maximum Gasteiger partial charge on any atom is 0.270 e. The second-order valence-corrected chi connectivity index (χ2v) is 8.67. The number of aromatic nitrogens is 1. The van der Waals surface area contributed by atoms with Gasteiger partial charge in [0.1, 0.15) is 10.6 Å². The number of piperazine rings is 1. The normalized spacial score (nSPS) is 16.0. The van der Waals surface area contributed by atoms with Crippen molar-refractivity contribution in [3.05, 3.63) is 59.9 Å². The van der Waals surface area contributed by atoms with Crippen LogP contribution in [0.1, 0.15) is 16.1 Å². The number of amides is 1. The first kappa shape index (κ1) is 20.3. The maximum atomic E-state index is 12.8. The van der Waals surface area contributed by atoms with Gasteiger partial charge in [0.15, 0.2) is 0 Å². The van der Waals surface area contributed by atoms with Crippen molar-refractivity contribution in [2.24, 2.45) is 7.05 Å². The van der Waals surface area contributed by atoms with Gasteiger partial charge in [-0.3, -0.25) is 9.69 Å². The molecule has 0 atom stereocenters. The number of hydrogen-bond acceptors (Lipinski definition) is 4. The summed E-state index contributed by atoms with van der Waals surface area (Å²) in [6, 6.07) is 11.6. The van der Waals surface area contributed by atoms with Crippen molar-refractivity contribution in [2.75, 3.05) is 39.8 Å². The Labute approximate surface area is 166 Å². The van der Waals surface area contributed by atoms with Crippen molar-refractivity contribution in [3.8, 4) is 0 Å². The van der Waals surface area contributed by atoms with Crippen LogP contribution in [0, 0.1) is 0 Å². The Bertz CT molecular complexity index is 943. The molecule has 8 heteroatoms. The van der Waals surface area contributed by atoms with Gasteiger partial charge < -0.3 is 9.47 Å². The fourth-order valence-electron chi connectivity index (χ4n) is 3.21. The van der Waals surface area contributed by atoms with Crippen LogP contribution in [-0.2, 0) is 17.1 Å². The maximum absolute atomic E-state index is 12.8. The summed E-state index contributed by atoms with van der Waals surface area (Å²) >= 11 is 0. The minimum atomic E-state index is -3.56. The monoisotopic (exact) mass is 402 g/mol. The Kier molecular flexibility index (Phi) is 6.33. The first-order valence-corrected chi connectivity index (χ1v) is 10.7. The van der Waals surface area contributed by atoms with Crippen LogP contribution in [0.15, 0.2) is 53.6 Å². The van der Waals surface area contributed by atoms with E-state index in [2.05, 4.69) is 33.9 Å². The average Bonchev–Trinajstić information content (AvgIpc) is 3.11. The Balaban J connectivity index is 1.56. The van der Waals surface area contributed by atoms with E-state index in [1.807, 2.05) is 18.2 Å². The Morgan fingerprint density at radius 2 is 1.82 bits per heavy atom. The van der Waals surface area contributed by atoms with Gasteiger partial charge in [0.05, 0.1) is 0 Å². The zero-order valence-corrected chi connectivity index (χ0v) is 17.0. The number of sulfonamides is 1. The molecule has 1 saturated heterocycles. The average molecular weight is 403 g/mol. The second kappa shape index (κ2) is 8.72. The molecule has 0 aliphatic carbocycles. The number of rotatable bonds is 6. The predicted molar refractivity (Wildman–Crippen MR) is 109 cm³/mol. The van der Waals surface area contributed by atoms with Crippen LogP contribution < -0.4 is 4.72 Å². The molecule has 150 valence electrons. The molecule has 2 aromatic rings. The highest BCUT2D eigenvalue weighted by molar-refractivity contribution is 7.89. The lowest BCUT2D eigenvalue weighted by molar-refractivity contribution is 0.0641. The van der Waals surface area contributed by atoms with E-state index in [-0.39, 0.29) is 10.8 Å². The van der Waals surface area contributed by atoms with Gasteiger partial charge in [-0.1, -0.05) is 42.5 Å². The molecule has 1 amide bonds. The molecule has 1 aliphatic rings. The van der Waals surface area contributed by atoms with Crippen LogP contribution in [0.4, 0.5) is 0 Å². The molecule has 0 bridgehead atoms. The first-order valence-electron chi connectivity index (χ1n) is 9.24. The molecule has 0 saturated carbocycles. The van der Waals surface area contributed by atoms with Gasteiger partial charge >= 0.3 is 0 Å². The highest BCUT2D eigenvalue weighted by Gasteiger charge is 2.25. The molecule has 0 spiro atoms. The molecule has 0 unspecified atom stereocenters. The van der Waals surface area contributed by atoms with Gasteiger partial charge in [-0.15, -0.1) is 0 Å². The molecule has 3 rings (SSSR count). The summed E-state index contributed by atoms with van der Waals surface area (Å²) in [7, 11) is -0.520. The molecular weight excluding hydrogens is 376 g/mol. The number of benzene rings is 1. The van der Waals surface area contributed by atoms with Crippen molar-refractivity contribution in [2.45, 2.75) is 4.90 Å². The molecule has 1 fully saturated rings. The summed E-state index contributed by atoms with van der Waals surface area (Å²) < 4.78 is 27.7. The fourth-order valence-corrected chi connectivity index (χ4v) is 4.01. The minimum absolute atomic E-state index is 0.102. The van der Waals surface area contributed by atoms with Gasteiger partial charge in [-0.25, -0.2) is 13.1 Å². The number of hydrogen-bond donors (Lipinski definition) is 1. The van der Waals surface area contributed by atoms with E-state index in [0.29, 0.717) is 18.8 Å². The number of aryl methyl sites for hydroxylation is 1. The molecule has 1 aliphatic heterocycles. The fraction of sp³-hybridized carbons (Fsp3) is 0.350. The third-order valence-corrected chi connectivity index (χ3v) is 6.29. The second-order valence-electron chi connectivity index (χ2n) is 6.79. The zero-order chi connectivity index (χ0) is 20.1. The minimum Gasteiger partial charge on any atom is -0.345 e. The van der Waals surface area contributed by atoms with E-state index < -0.39 is 10.0 Å². The van der Waals surface area contributed by atoms with Gasteiger partial charge in [0, 0.05) is 46.0 Å². The smallest absolute Gasteiger partial charge is 0.270 e. The number of nitrogens with one attached hydrogen (secondary N) is 1. The predicted octanol–water partition coefficient (Wildman–Crippen LogP) is 1.40. The first-order chi connectivity index (χ1) is 13.4. The molecule has 0 radical (unpaired) electrons. The van der Waals surface area contributed by atoms with Gasteiger partial charge in [-0.2, -0.15) is 0 Å². The standard InChI is InChI=1S/C20H26N4O3S/c1-21-28(26,27)18-15-19(22(2)16-18)20(25)24-13-11-23(12-14-24)10-6-9-17-7-4-3-5-8-17/h3-9,15-16,21H,10-14H2,1-2H3/b9-6+. The van der Waals surface area contributed by atoms with Crippen molar-refractivity contribution in [1.82, 2.24) is 19.1 Å². The number of carbonyl (C=O) groups is 1. The van der Waals surface area contributed by atoms with Gasteiger partial charge in [0.25, 0.3) is 5.91 Å². The summed E-state index contributed by atoms with van der Waals surface area (Å²) in [5.41, 5.74) is 1.55. The Morgan fingerprint density at radius 3 is 2.46 bits per heavy atom. The largest absolute Gasteiger partial charge is 0.345 e. The van der Waals surface area contributed by atoms with E-state index in [4.69, 9.17) is 0 Å². The summed E-state index contributed by atoms with van der Waals surface area (Å²) in [4.78, 5) is 17.0. The van der Waals surface area contributed by atoms with Gasteiger partial charge in [-0.05, 0) is 18.7 Å². The third kappa shape index (κ3) is 4.70. The molecule has 2 heterocycles. The van der Waals surface area contributed by atoms with Crippen molar-refractivity contribution in [3.63, 3.8) is 0 Å². The van der Waals surface area contributed by atoms with Crippen LogP contribution in [-0.4, -0.2) is 68.5 Å². The lowest BCUT2D eigenvalue weighted by Gasteiger charge is -2.34. The molecule has 28 heavy (non-hydrogen) atoms. The summed E-state index contributed by atoms with van der Waals surface area (Å²) in [5.74, 6) is -0.139. The van der Waals surface area contributed by atoms with E-state index >= 15 is 0 Å². The van der Waals surface area contributed by atoms with Crippen LogP contribution in [0.25, 0.3) is 6.08 Å². The summed E-state index contributed by atoms with van der Waals surface area (Å²) in [6.07, 6.45) is 5.70. The van der Waals surface area contributed by atoms with Crippen LogP contribution in [0.2, 0.25) is 0 Å². The lowest BCUT2D eigenvalue weighted by Crippen LogP contribution is -2.48. The molecule has 1 aromatic carbocycles. The molecule has 1 N–H and O–H groups in total. The van der Waals surface area contributed by atoms with Gasteiger partial charge in [0.2, 0.25) is 10.0 Å². The highest BCUT2D eigenvalue weighted by Crippen LogP contribution is 2.16. The number of carbonyl (C=O) groups excluding carboxylic acids is 1. The van der Waals surface area contributed by atoms with Crippen LogP contribution >= 0.6 is 0 Å².